The van der Waals surface area contributed by atoms with Gasteiger partial charge < -0.3 is 15.6 Å². The van der Waals surface area contributed by atoms with E-state index in [0.29, 0.717) is 26.3 Å². The summed E-state index contributed by atoms with van der Waals surface area (Å²) < 4.78 is -0.142. The Bertz CT molecular complexity index is 90.2. The third-order valence-electron chi connectivity index (χ3n) is 1.63. The molecule has 3 N–H and O–H groups in total. The molecule has 4 heteroatoms. The third kappa shape index (κ3) is 1.62. The summed E-state index contributed by atoms with van der Waals surface area (Å²) in [7, 11) is 0. The van der Waals surface area contributed by atoms with Crippen molar-refractivity contribution in [2.45, 2.75) is 0 Å². The molecule has 0 aromatic rings. The van der Waals surface area contributed by atoms with Crippen LogP contribution in [-0.2, 0) is 0 Å². The van der Waals surface area contributed by atoms with E-state index < -0.39 is 0 Å². The first-order chi connectivity index (χ1) is 4.27. The lowest BCUT2D eigenvalue weighted by atomic mass is 10.5. The molecular weight excluding hydrogens is 118 g/mol. The molecule has 0 radical (unpaired) electrons. The van der Waals surface area contributed by atoms with Crippen molar-refractivity contribution in [2.75, 3.05) is 32.8 Å². The maximum atomic E-state index is 11.3. The minimum Gasteiger partial charge on any atom is -0.632 e. The Labute approximate surface area is 54.8 Å². The summed E-state index contributed by atoms with van der Waals surface area (Å²) in [5.41, 5.74) is 5.25. The highest BCUT2D eigenvalue weighted by Crippen LogP contribution is 2.04. The third-order valence-corrected chi connectivity index (χ3v) is 1.63. The summed E-state index contributed by atoms with van der Waals surface area (Å²) in [6, 6.07) is 0. The van der Waals surface area contributed by atoms with Crippen LogP contribution < -0.4 is 11.1 Å². The van der Waals surface area contributed by atoms with Gasteiger partial charge in [-0.3, -0.25) is 5.32 Å². The molecule has 1 heterocycles. The zero-order valence-corrected chi connectivity index (χ0v) is 5.47. The minimum absolute atomic E-state index is 0.142. The van der Waals surface area contributed by atoms with Crippen LogP contribution in [0, 0.1) is 5.21 Å². The van der Waals surface area contributed by atoms with Gasteiger partial charge in [0.2, 0.25) is 0 Å². The largest absolute Gasteiger partial charge is 0.632 e. The van der Waals surface area contributed by atoms with Crippen LogP contribution in [0.25, 0.3) is 0 Å². The lowest BCUT2D eigenvalue weighted by Crippen LogP contribution is -2.44. The monoisotopic (exact) mass is 131 g/mol. The predicted molar refractivity (Wildman–Crippen MR) is 35.3 cm³/mol. The second-order valence-corrected chi connectivity index (χ2v) is 2.45. The zero-order valence-electron chi connectivity index (χ0n) is 5.47. The van der Waals surface area contributed by atoms with Crippen molar-refractivity contribution < 1.29 is 4.65 Å². The molecule has 9 heavy (non-hydrogen) atoms. The molecule has 0 aliphatic carbocycles. The molecule has 0 aromatic carbocycles. The highest BCUT2D eigenvalue weighted by Gasteiger charge is 2.20. The Hall–Kier alpha value is -0.160. The van der Waals surface area contributed by atoms with Gasteiger partial charge in [0.25, 0.3) is 0 Å². The van der Waals surface area contributed by atoms with Gasteiger partial charge in [-0.2, -0.15) is 0 Å². The van der Waals surface area contributed by atoms with Gasteiger partial charge in [0.05, 0.1) is 19.6 Å². The smallest absolute Gasteiger partial charge is 0.132 e. The molecule has 1 atom stereocenters. The van der Waals surface area contributed by atoms with Crippen LogP contribution in [0.2, 0.25) is 0 Å². The molecule has 0 spiro atoms. The predicted octanol–water partition coefficient (Wildman–Crippen LogP) is -1.18. The SMILES string of the molecule is NCC[N+]1([O-])CCNC1. The average Bonchev–Trinajstić information content (AvgIpc) is 2.16. The van der Waals surface area contributed by atoms with Gasteiger partial charge in [-0.05, 0) is 0 Å². The molecule has 1 rings (SSSR count). The van der Waals surface area contributed by atoms with Crippen LogP contribution in [0.5, 0.6) is 0 Å². The first kappa shape index (κ1) is 6.95. The van der Waals surface area contributed by atoms with E-state index in [4.69, 9.17) is 5.73 Å². The van der Waals surface area contributed by atoms with Gasteiger partial charge in [-0.15, -0.1) is 0 Å². The van der Waals surface area contributed by atoms with Gasteiger partial charge in [-0.25, -0.2) is 0 Å². The number of hydrogen-bond donors (Lipinski definition) is 2. The number of quaternary nitrogens is 1. The Morgan fingerprint density at radius 3 is 2.89 bits per heavy atom. The van der Waals surface area contributed by atoms with Gasteiger partial charge in [0.15, 0.2) is 0 Å². The Balaban J connectivity index is 2.32. The molecule has 1 saturated heterocycles. The highest BCUT2D eigenvalue weighted by atomic mass is 16.5. The van der Waals surface area contributed by atoms with Crippen LogP contribution in [0.3, 0.4) is 0 Å². The number of nitrogens with two attached hydrogens (primary N) is 1. The molecule has 1 aliphatic heterocycles. The standard InChI is InChI=1S/C5H13N3O/c6-1-3-8(9)4-2-7-5-8/h7H,1-6H2. The van der Waals surface area contributed by atoms with Crippen LogP contribution in [0.15, 0.2) is 0 Å². The van der Waals surface area contributed by atoms with Crippen molar-refractivity contribution in [1.29, 1.82) is 0 Å². The minimum atomic E-state index is -0.142. The fraction of sp³-hybridized carbons (Fsp3) is 1.00. The van der Waals surface area contributed by atoms with Gasteiger partial charge in [0, 0.05) is 6.54 Å². The van der Waals surface area contributed by atoms with Crippen molar-refractivity contribution in [3.8, 4) is 0 Å². The van der Waals surface area contributed by atoms with E-state index in [1.807, 2.05) is 0 Å². The van der Waals surface area contributed by atoms with Crippen molar-refractivity contribution >= 4 is 0 Å². The fourth-order valence-electron chi connectivity index (χ4n) is 1.07. The molecule has 1 aliphatic rings. The van der Waals surface area contributed by atoms with E-state index in [9.17, 15) is 5.21 Å². The normalized spacial score (nSPS) is 35.3. The number of nitrogens with one attached hydrogen (secondary N) is 1. The second kappa shape index (κ2) is 2.62. The lowest BCUT2D eigenvalue weighted by Gasteiger charge is -2.36. The van der Waals surface area contributed by atoms with E-state index in [2.05, 4.69) is 5.32 Å². The summed E-state index contributed by atoms with van der Waals surface area (Å²) in [6.45, 7) is 3.09. The average molecular weight is 131 g/mol. The van der Waals surface area contributed by atoms with Gasteiger partial charge in [0.1, 0.15) is 6.67 Å². The first-order valence-corrected chi connectivity index (χ1v) is 3.25. The molecule has 0 bridgehead atoms. The van der Waals surface area contributed by atoms with Crippen molar-refractivity contribution in [3.63, 3.8) is 0 Å². The van der Waals surface area contributed by atoms with E-state index >= 15 is 0 Å². The van der Waals surface area contributed by atoms with E-state index in [-0.39, 0.29) is 4.65 Å². The maximum absolute atomic E-state index is 11.3. The summed E-state index contributed by atoms with van der Waals surface area (Å²) in [4.78, 5) is 0. The quantitative estimate of drug-likeness (QED) is 0.366. The second-order valence-electron chi connectivity index (χ2n) is 2.45. The summed E-state index contributed by atoms with van der Waals surface area (Å²) in [6.07, 6.45) is 0. The van der Waals surface area contributed by atoms with E-state index in [0.717, 1.165) is 6.54 Å². The highest BCUT2D eigenvalue weighted by molar-refractivity contribution is 4.54. The van der Waals surface area contributed by atoms with Gasteiger partial charge in [-0.1, -0.05) is 0 Å². The van der Waals surface area contributed by atoms with Crippen molar-refractivity contribution in [2.24, 2.45) is 5.73 Å². The molecular formula is C5H13N3O. The van der Waals surface area contributed by atoms with E-state index in [1.165, 1.54) is 0 Å². The van der Waals surface area contributed by atoms with Crippen LogP contribution in [0.1, 0.15) is 0 Å². The topological polar surface area (TPSA) is 61.1 Å². The maximum Gasteiger partial charge on any atom is 0.132 e. The van der Waals surface area contributed by atoms with Gasteiger partial charge >= 0.3 is 0 Å². The van der Waals surface area contributed by atoms with Crippen LogP contribution in [-0.4, -0.2) is 37.5 Å². The molecule has 0 amide bonds. The zero-order chi connectivity index (χ0) is 6.74. The number of nitrogens with zero attached hydrogens (tertiary/aromatic N) is 1. The summed E-state index contributed by atoms with van der Waals surface area (Å²) >= 11 is 0. The summed E-state index contributed by atoms with van der Waals surface area (Å²) in [5.74, 6) is 0. The molecule has 4 nitrogen and oxygen atoms in total. The Kier molecular flexibility index (Phi) is 2.02. The molecule has 54 valence electrons. The Morgan fingerprint density at radius 1 is 1.67 bits per heavy atom. The van der Waals surface area contributed by atoms with Crippen LogP contribution in [0.4, 0.5) is 0 Å². The number of hydroxylamine groups is 3. The Morgan fingerprint density at radius 2 is 2.44 bits per heavy atom. The molecule has 1 unspecified atom stereocenters. The lowest BCUT2D eigenvalue weighted by molar-refractivity contribution is -0.867. The van der Waals surface area contributed by atoms with Crippen LogP contribution >= 0.6 is 0 Å². The van der Waals surface area contributed by atoms with Crippen molar-refractivity contribution in [1.82, 2.24) is 5.32 Å². The summed E-state index contributed by atoms with van der Waals surface area (Å²) in [5, 5.41) is 14.3. The molecule has 0 aromatic heterocycles. The van der Waals surface area contributed by atoms with Crippen molar-refractivity contribution in [3.05, 3.63) is 5.21 Å². The first-order valence-electron chi connectivity index (χ1n) is 3.25. The van der Waals surface area contributed by atoms with E-state index in [1.54, 1.807) is 0 Å². The number of hydrogen-bond acceptors (Lipinski definition) is 3. The number of rotatable bonds is 2. The molecule has 0 saturated carbocycles. The fourth-order valence-corrected chi connectivity index (χ4v) is 1.07. The molecule has 1 fully saturated rings.